The first kappa shape index (κ1) is 26.6. The van der Waals surface area contributed by atoms with Crippen molar-refractivity contribution >= 4 is 28.2 Å². The average Bonchev–Trinajstić information content (AvgIpc) is 3.55. The molecule has 4 rings (SSSR count). The van der Waals surface area contributed by atoms with Crippen molar-refractivity contribution in [2.45, 2.75) is 6.10 Å². The van der Waals surface area contributed by atoms with E-state index in [-0.39, 0.29) is 35.4 Å². The van der Waals surface area contributed by atoms with Crippen LogP contribution in [-0.4, -0.2) is 71.6 Å². The van der Waals surface area contributed by atoms with Gasteiger partial charge < -0.3 is 34.2 Å². The molecule has 1 atom stereocenters. The first-order valence-electron chi connectivity index (χ1n) is 11.0. The standard InChI is InChI=1S/C23H24N6O8S/c1-33-10-12(30)11-36-19-13(18-14(34-2)5-4-6-15(18)35-3)9-16(37-21(19)32)20(31)26-22-27-28-23(38-22)29-17(24)7-8-25-29/h4-9,12,30H,10-11,24H2,1-3H3,(H,26,27,31). The predicted molar refractivity (Wildman–Crippen MR) is 136 cm³/mol. The van der Waals surface area contributed by atoms with Gasteiger partial charge in [-0.3, -0.25) is 10.1 Å². The van der Waals surface area contributed by atoms with E-state index in [2.05, 4.69) is 20.6 Å². The number of amides is 1. The maximum Gasteiger partial charge on any atom is 0.379 e. The molecule has 0 bridgehead atoms. The number of benzene rings is 1. The summed E-state index contributed by atoms with van der Waals surface area (Å²) in [4.78, 5) is 26.1. The molecule has 3 heterocycles. The summed E-state index contributed by atoms with van der Waals surface area (Å²) in [5.74, 6) is -0.362. The molecule has 0 aliphatic carbocycles. The summed E-state index contributed by atoms with van der Waals surface area (Å²) < 4.78 is 28.1. The number of aromatic nitrogens is 4. The van der Waals surface area contributed by atoms with Crippen LogP contribution in [0.2, 0.25) is 0 Å². The number of hydrogen-bond acceptors (Lipinski definition) is 13. The Bertz CT molecular complexity index is 1460. The highest BCUT2D eigenvalue weighted by Gasteiger charge is 2.25. The molecule has 3 aromatic heterocycles. The van der Waals surface area contributed by atoms with Gasteiger partial charge in [0.25, 0.3) is 5.91 Å². The number of ether oxygens (including phenoxy) is 4. The maximum atomic E-state index is 13.1. The molecule has 4 N–H and O–H groups in total. The van der Waals surface area contributed by atoms with E-state index in [0.29, 0.717) is 28.0 Å². The van der Waals surface area contributed by atoms with Crippen LogP contribution in [-0.2, 0) is 4.74 Å². The zero-order valence-electron chi connectivity index (χ0n) is 20.5. The minimum Gasteiger partial charge on any atom is -0.496 e. The van der Waals surface area contributed by atoms with Crippen molar-refractivity contribution in [3.63, 3.8) is 0 Å². The first-order valence-corrected chi connectivity index (χ1v) is 11.8. The highest BCUT2D eigenvalue weighted by atomic mass is 32.1. The molecular formula is C23H24N6O8S. The molecule has 0 radical (unpaired) electrons. The Morgan fingerprint density at radius 3 is 2.55 bits per heavy atom. The Kier molecular flexibility index (Phi) is 8.20. The predicted octanol–water partition coefficient (Wildman–Crippen LogP) is 1.58. The van der Waals surface area contributed by atoms with Gasteiger partial charge in [0.15, 0.2) is 5.76 Å². The van der Waals surface area contributed by atoms with Crippen LogP contribution < -0.4 is 30.9 Å². The third kappa shape index (κ3) is 5.59. The van der Waals surface area contributed by atoms with E-state index in [1.165, 1.54) is 38.3 Å². The maximum absolute atomic E-state index is 13.1. The van der Waals surface area contributed by atoms with Crippen LogP contribution in [0.15, 0.2) is 45.7 Å². The highest BCUT2D eigenvalue weighted by Crippen LogP contribution is 2.42. The van der Waals surface area contributed by atoms with Gasteiger partial charge in [-0.25, -0.2) is 4.79 Å². The second-order valence-corrected chi connectivity index (χ2v) is 8.57. The van der Waals surface area contributed by atoms with Gasteiger partial charge in [-0.1, -0.05) is 17.4 Å². The van der Waals surface area contributed by atoms with Crippen molar-refractivity contribution < 1.29 is 33.3 Å². The molecule has 0 saturated heterocycles. The number of methoxy groups -OCH3 is 3. The molecule has 0 fully saturated rings. The van der Waals surface area contributed by atoms with Crippen molar-refractivity contribution in [1.82, 2.24) is 20.0 Å². The van der Waals surface area contributed by atoms with Gasteiger partial charge in [-0.05, 0) is 18.2 Å². The Morgan fingerprint density at radius 2 is 1.92 bits per heavy atom. The van der Waals surface area contributed by atoms with Crippen LogP contribution in [0.1, 0.15) is 10.6 Å². The largest absolute Gasteiger partial charge is 0.496 e. The Labute approximate surface area is 219 Å². The first-order chi connectivity index (χ1) is 18.4. The zero-order valence-corrected chi connectivity index (χ0v) is 21.4. The lowest BCUT2D eigenvalue weighted by Crippen LogP contribution is -2.25. The Balaban J connectivity index is 1.73. The number of nitrogen functional groups attached to an aromatic ring is 1. The van der Waals surface area contributed by atoms with E-state index >= 15 is 0 Å². The molecule has 200 valence electrons. The molecule has 0 aliphatic rings. The molecule has 0 saturated carbocycles. The van der Waals surface area contributed by atoms with Crippen LogP contribution in [0, 0.1) is 0 Å². The summed E-state index contributed by atoms with van der Waals surface area (Å²) in [5.41, 5.74) is 5.35. The summed E-state index contributed by atoms with van der Waals surface area (Å²) >= 11 is 1.01. The number of carbonyl (C=O) groups excluding carboxylic acids is 1. The van der Waals surface area contributed by atoms with Crippen LogP contribution in [0.3, 0.4) is 0 Å². The van der Waals surface area contributed by atoms with Gasteiger partial charge in [0.1, 0.15) is 30.0 Å². The molecule has 15 heteroatoms. The van der Waals surface area contributed by atoms with E-state index in [1.807, 2.05) is 0 Å². The van der Waals surface area contributed by atoms with E-state index < -0.39 is 17.6 Å². The average molecular weight is 545 g/mol. The molecule has 0 aliphatic heterocycles. The van der Waals surface area contributed by atoms with Gasteiger partial charge in [0.05, 0.1) is 32.6 Å². The third-order valence-electron chi connectivity index (χ3n) is 5.10. The minimum atomic E-state index is -1.02. The number of nitrogens with one attached hydrogen (secondary N) is 1. The Morgan fingerprint density at radius 1 is 1.18 bits per heavy atom. The summed E-state index contributed by atoms with van der Waals surface area (Å²) in [7, 11) is 4.31. The quantitative estimate of drug-likeness (QED) is 0.248. The fraction of sp³-hybridized carbons (Fsp3) is 0.261. The second kappa shape index (κ2) is 11.7. The SMILES string of the molecule is COCC(O)COc1c(-c2c(OC)cccc2OC)cc(C(=O)Nc2nnc(-n3nccc3N)s2)oc1=O. The number of hydrogen-bond donors (Lipinski definition) is 3. The minimum absolute atomic E-state index is 0.0207. The van der Waals surface area contributed by atoms with Gasteiger partial charge in [0.2, 0.25) is 16.0 Å². The number of nitrogens with two attached hydrogens (primary N) is 1. The molecular weight excluding hydrogens is 520 g/mol. The monoisotopic (exact) mass is 544 g/mol. The number of rotatable bonds is 11. The van der Waals surface area contributed by atoms with E-state index in [1.54, 1.807) is 24.3 Å². The number of carbonyl (C=O) groups is 1. The molecule has 4 aromatic rings. The molecule has 14 nitrogen and oxygen atoms in total. The van der Waals surface area contributed by atoms with Gasteiger partial charge in [0, 0.05) is 18.7 Å². The highest BCUT2D eigenvalue weighted by molar-refractivity contribution is 7.17. The van der Waals surface area contributed by atoms with Crippen LogP contribution >= 0.6 is 11.3 Å². The van der Waals surface area contributed by atoms with Gasteiger partial charge in [-0.15, -0.1) is 10.2 Å². The van der Waals surface area contributed by atoms with Crippen molar-refractivity contribution in [3.8, 4) is 33.5 Å². The van der Waals surface area contributed by atoms with E-state index in [9.17, 15) is 14.7 Å². The number of aliphatic hydroxyl groups excluding tert-OH is 1. The topological polar surface area (TPSA) is 186 Å². The second-order valence-electron chi connectivity index (χ2n) is 7.61. The summed E-state index contributed by atoms with van der Waals surface area (Å²) in [6, 6.07) is 7.89. The van der Waals surface area contributed by atoms with Gasteiger partial charge >= 0.3 is 5.63 Å². The summed E-state index contributed by atoms with van der Waals surface area (Å²) in [6.07, 6.45) is 0.472. The molecule has 38 heavy (non-hydrogen) atoms. The molecule has 1 unspecified atom stereocenters. The third-order valence-corrected chi connectivity index (χ3v) is 5.91. The van der Waals surface area contributed by atoms with Crippen molar-refractivity contribution in [1.29, 1.82) is 0 Å². The van der Waals surface area contributed by atoms with Crippen molar-refractivity contribution in [2.24, 2.45) is 0 Å². The Hall–Kier alpha value is -4.47. The lowest BCUT2D eigenvalue weighted by atomic mass is 10.0. The fourth-order valence-electron chi connectivity index (χ4n) is 3.44. The molecule has 0 spiro atoms. The number of anilines is 2. The summed E-state index contributed by atoms with van der Waals surface area (Å²) in [6.45, 7) is -0.300. The normalized spacial score (nSPS) is 11.7. The van der Waals surface area contributed by atoms with Gasteiger partial charge in [-0.2, -0.15) is 9.78 Å². The number of aliphatic hydroxyl groups is 1. The van der Waals surface area contributed by atoms with Crippen LogP contribution in [0.5, 0.6) is 17.2 Å². The van der Waals surface area contributed by atoms with Crippen LogP contribution in [0.25, 0.3) is 16.3 Å². The molecule has 1 amide bonds. The smallest absolute Gasteiger partial charge is 0.379 e. The van der Waals surface area contributed by atoms with E-state index in [0.717, 1.165) is 11.3 Å². The van der Waals surface area contributed by atoms with E-state index in [4.69, 9.17) is 29.1 Å². The lowest BCUT2D eigenvalue weighted by Gasteiger charge is -2.17. The van der Waals surface area contributed by atoms with Crippen LogP contribution in [0.4, 0.5) is 10.9 Å². The van der Waals surface area contributed by atoms with Crippen molar-refractivity contribution in [2.75, 3.05) is 45.6 Å². The summed E-state index contributed by atoms with van der Waals surface area (Å²) in [5, 5.41) is 24.9. The number of nitrogens with zero attached hydrogens (tertiary/aromatic N) is 4. The van der Waals surface area contributed by atoms with Crippen molar-refractivity contribution in [3.05, 3.63) is 52.7 Å². The zero-order chi connectivity index (χ0) is 27.2. The fourth-order valence-corrected chi connectivity index (χ4v) is 4.16. The molecule has 1 aromatic carbocycles. The lowest BCUT2D eigenvalue weighted by molar-refractivity contribution is 0.0317.